The Morgan fingerprint density at radius 2 is 2.23 bits per heavy atom. The van der Waals surface area contributed by atoms with E-state index in [4.69, 9.17) is 4.42 Å². The molecule has 22 heavy (non-hydrogen) atoms. The Kier molecular flexibility index (Phi) is 5.29. The molecule has 2 amide bonds. The number of rotatable bonds is 6. The van der Waals surface area contributed by atoms with Crippen molar-refractivity contribution >= 4 is 28.3 Å². The first-order valence-electron chi connectivity index (χ1n) is 6.68. The van der Waals surface area contributed by atoms with E-state index >= 15 is 0 Å². The largest absolute Gasteiger partial charge is 0.468 e. The van der Waals surface area contributed by atoms with Crippen LogP contribution in [-0.2, 0) is 4.79 Å². The molecule has 2 rings (SSSR count). The summed E-state index contributed by atoms with van der Waals surface area (Å²) >= 11 is 1.21. The lowest BCUT2D eigenvalue weighted by atomic mass is 10.2. The third kappa shape index (κ3) is 4.15. The number of carbonyl (C=O) groups excluding carboxylic acids is 2. The van der Waals surface area contributed by atoms with E-state index in [0.717, 1.165) is 5.76 Å². The summed E-state index contributed by atoms with van der Waals surface area (Å²) in [5.41, 5.74) is 0.283. The Labute approximate surface area is 132 Å². The Morgan fingerprint density at radius 3 is 2.82 bits per heavy atom. The minimum Gasteiger partial charge on any atom is -0.468 e. The van der Waals surface area contributed by atoms with Crippen LogP contribution in [0.3, 0.4) is 0 Å². The van der Waals surface area contributed by atoms with Crippen LogP contribution in [0.2, 0.25) is 0 Å². The summed E-state index contributed by atoms with van der Waals surface area (Å²) in [5.74, 6) is 0.278. The van der Waals surface area contributed by atoms with Gasteiger partial charge in [0.05, 0.1) is 12.3 Å². The van der Waals surface area contributed by atoms with Crippen LogP contribution in [0.4, 0.5) is 5.13 Å². The fourth-order valence-electron chi connectivity index (χ4n) is 1.88. The normalized spacial score (nSPS) is 12.2. The Hall–Kier alpha value is -2.19. The standard InChI is InChI=1S/C14H18N4O3S/c1-9(19)16-14-17-10(8-22-14)13(20)15-7-11(18(2)3)12-5-4-6-21-12/h4-6,8,11H,7H2,1-3H3,(H,15,20)(H,16,17,19)/t11-/m1/s1. The SMILES string of the molecule is CC(=O)Nc1nc(C(=O)NC[C@H](c2ccco2)N(C)C)cs1. The van der Waals surface area contributed by atoms with Crippen molar-refractivity contribution in [2.45, 2.75) is 13.0 Å². The average Bonchev–Trinajstić information content (AvgIpc) is 3.09. The van der Waals surface area contributed by atoms with Crippen molar-refractivity contribution < 1.29 is 14.0 Å². The molecule has 0 aliphatic heterocycles. The Bertz CT molecular complexity index is 636. The molecule has 2 aromatic heterocycles. The molecule has 0 saturated heterocycles. The molecule has 0 fully saturated rings. The minimum absolute atomic E-state index is 0.0626. The first-order valence-corrected chi connectivity index (χ1v) is 7.56. The van der Waals surface area contributed by atoms with E-state index < -0.39 is 0 Å². The molecule has 0 aliphatic carbocycles. The minimum atomic E-state index is -0.286. The van der Waals surface area contributed by atoms with Crippen LogP contribution in [0.25, 0.3) is 0 Å². The number of nitrogens with zero attached hydrogens (tertiary/aromatic N) is 2. The summed E-state index contributed by atoms with van der Waals surface area (Å²) in [4.78, 5) is 29.1. The molecule has 0 spiro atoms. The molecule has 0 saturated carbocycles. The van der Waals surface area contributed by atoms with Gasteiger partial charge in [-0.3, -0.25) is 14.5 Å². The van der Waals surface area contributed by atoms with Gasteiger partial charge in [-0.15, -0.1) is 11.3 Å². The summed E-state index contributed by atoms with van der Waals surface area (Å²) in [7, 11) is 3.83. The van der Waals surface area contributed by atoms with E-state index in [-0.39, 0.29) is 23.6 Å². The molecule has 2 aromatic rings. The lowest BCUT2D eigenvalue weighted by Gasteiger charge is -2.22. The number of likely N-dealkylation sites (N-methyl/N-ethyl adjacent to an activating group) is 1. The molecule has 0 aliphatic rings. The molecular weight excluding hydrogens is 304 g/mol. The van der Waals surface area contributed by atoms with Gasteiger partial charge in [0.2, 0.25) is 5.91 Å². The van der Waals surface area contributed by atoms with Gasteiger partial charge in [0, 0.05) is 18.8 Å². The Morgan fingerprint density at radius 1 is 1.45 bits per heavy atom. The molecule has 118 valence electrons. The molecule has 1 atom stereocenters. The molecule has 0 radical (unpaired) electrons. The van der Waals surface area contributed by atoms with Gasteiger partial charge in [0.15, 0.2) is 5.13 Å². The van der Waals surface area contributed by atoms with E-state index in [9.17, 15) is 9.59 Å². The van der Waals surface area contributed by atoms with Crippen LogP contribution in [0, 0.1) is 0 Å². The van der Waals surface area contributed by atoms with Crippen LogP contribution >= 0.6 is 11.3 Å². The second-order valence-corrected chi connectivity index (χ2v) is 5.78. The molecule has 2 heterocycles. The highest BCUT2D eigenvalue weighted by Crippen LogP contribution is 2.18. The number of thiazole rings is 1. The van der Waals surface area contributed by atoms with Gasteiger partial charge in [0.1, 0.15) is 11.5 Å². The molecule has 2 N–H and O–H groups in total. The maximum atomic E-state index is 12.1. The van der Waals surface area contributed by atoms with Gasteiger partial charge in [-0.25, -0.2) is 4.98 Å². The number of amides is 2. The predicted molar refractivity (Wildman–Crippen MR) is 83.9 cm³/mol. The summed E-state index contributed by atoms with van der Waals surface area (Å²) < 4.78 is 5.39. The van der Waals surface area contributed by atoms with Crippen LogP contribution in [-0.4, -0.2) is 42.3 Å². The van der Waals surface area contributed by atoms with Crippen LogP contribution in [0.15, 0.2) is 28.2 Å². The van der Waals surface area contributed by atoms with E-state index in [0.29, 0.717) is 11.7 Å². The van der Waals surface area contributed by atoms with Crippen LogP contribution in [0.1, 0.15) is 29.2 Å². The van der Waals surface area contributed by atoms with Crippen molar-refractivity contribution in [1.29, 1.82) is 0 Å². The van der Waals surface area contributed by atoms with E-state index in [1.807, 2.05) is 31.1 Å². The zero-order valence-electron chi connectivity index (χ0n) is 12.6. The number of furan rings is 1. The van der Waals surface area contributed by atoms with Crippen molar-refractivity contribution in [2.24, 2.45) is 0 Å². The maximum Gasteiger partial charge on any atom is 0.270 e. The van der Waals surface area contributed by atoms with E-state index in [1.165, 1.54) is 18.3 Å². The third-order valence-corrected chi connectivity index (χ3v) is 3.73. The summed E-state index contributed by atoms with van der Waals surface area (Å²) in [6.07, 6.45) is 1.60. The molecule has 0 bridgehead atoms. The van der Waals surface area contributed by atoms with Gasteiger partial charge < -0.3 is 15.1 Å². The number of aromatic nitrogens is 1. The van der Waals surface area contributed by atoms with Crippen molar-refractivity contribution in [2.75, 3.05) is 26.0 Å². The van der Waals surface area contributed by atoms with Crippen molar-refractivity contribution in [3.05, 3.63) is 35.2 Å². The first kappa shape index (κ1) is 16.2. The maximum absolute atomic E-state index is 12.1. The molecular formula is C14H18N4O3S. The van der Waals surface area contributed by atoms with E-state index in [1.54, 1.807) is 11.6 Å². The predicted octanol–water partition coefficient (Wildman–Crippen LogP) is 1.73. The van der Waals surface area contributed by atoms with Crippen molar-refractivity contribution in [1.82, 2.24) is 15.2 Å². The van der Waals surface area contributed by atoms with Gasteiger partial charge in [-0.1, -0.05) is 0 Å². The quantitative estimate of drug-likeness (QED) is 0.845. The Balaban J connectivity index is 1.96. The monoisotopic (exact) mass is 322 g/mol. The number of nitrogens with one attached hydrogen (secondary N) is 2. The third-order valence-electron chi connectivity index (χ3n) is 2.97. The lowest BCUT2D eigenvalue weighted by molar-refractivity contribution is -0.114. The summed E-state index contributed by atoms with van der Waals surface area (Å²) in [5, 5.41) is 7.40. The summed E-state index contributed by atoms with van der Waals surface area (Å²) in [6.45, 7) is 1.79. The van der Waals surface area contributed by atoms with Crippen molar-refractivity contribution in [3.8, 4) is 0 Å². The molecule has 0 aromatic carbocycles. The van der Waals surface area contributed by atoms with Gasteiger partial charge in [-0.05, 0) is 26.2 Å². The first-order chi connectivity index (χ1) is 10.5. The number of hydrogen-bond donors (Lipinski definition) is 2. The zero-order valence-corrected chi connectivity index (χ0v) is 13.4. The average molecular weight is 322 g/mol. The number of hydrogen-bond acceptors (Lipinski definition) is 6. The fraction of sp³-hybridized carbons (Fsp3) is 0.357. The van der Waals surface area contributed by atoms with E-state index in [2.05, 4.69) is 15.6 Å². The highest BCUT2D eigenvalue weighted by molar-refractivity contribution is 7.14. The van der Waals surface area contributed by atoms with Gasteiger partial charge >= 0.3 is 0 Å². The topological polar surface area (TPSA) is 87.5 Å². The lowest BCUT2D eigenvalue weighted by Crippen LogP contribution is -2.34. The second kappa shape index (κ2) is 7.19. The smallest absolute Gasteiger partial charge is 0.270 e. The number of carbonyl (C=O) groups is 2. The molecule has 0 unspecified atom stereocenters. The second-order valence-electron chi connectivity index (χ2n) is 4.92. The fourth-order valence-corrected chi connectivity index (χ4v) is 2.62. The molecule has 7 nitrogen and oxygen atoms in total. The number of anilines is 1. The highest BCUT2D eigenvalue weighted by Gasteiger charge is 2.19. The van der Waals surface area contributed by atoms with Crippen LogP contribution < -0.4 is 10.6 Å². The highest BCUT2D eigenvalue weighted by atomic mass is 32.1. The zero-order chi connectivity index (χ0) is 16.1. The van der Waals surface area contributed by atoms with Gasteiger partial charge in [0.25, 0.3) is 5.91 Å². The van der Waals surface area contributed by atoms with Crippen molar-refractivity contribution in [3.63, 3.8) is 0 Å². The molecule has 8 heteroatoms. The summed E-state index contributed by atoms with van der Waals surface area (Å²) in [6, 6.07) is 3.62. The van der Waals surface area contributed by atoms with Gasteiger partial charge in [-0.2, -0.15) is 0 Å². The van der Waals surface area contributed by atoms with Crippen LogP contribution in [0.5, 0.6) is 0 Å².